The fraction of sp³-hybridized carbons (Fsp3) is 0.600. The van der Waals surface area contributed by atoms with Crippen molar-refractivity contribution in [3.05, 3.63) is 54.1 Å². The fourth-order valence-electron chi connectivity index (χ4n) is 4.87. The third kappa shape index (κ3) is 7.70. The van der Waals surface area contributed by atoms with Gasteiger partial charge in [-0.15, -0.1) is 0 Å². The molecule has 0 aromatic heterocycles. The van der Waals surface area contributed by atoms with Gasteiger partial charge in [-0.05, 0) is 72.3 Å². The molecule has 3 rings (SSSR count). The number of hydrogen-bond acceptors (Lipinski definition) is 1. The maximum Gasteiger partial charge on any atom is 0.119 e. The summed E-state index contributed by atoms with van der Waals surface area (Å²) in [5.41, 5.74) is 4.12. The molecule has 0 heterocycles. The molecule has 0 aliphatic heterocycles. The molecule has 1 fully saturated rings. The minimum Gasteiger partial charge on any atom is -0.493 e. The van der Waals surface area contributed by atoms with Crippen LogP contribution in [-0.2, 0) is 0 Å². The van der Waals surface area contributed by atoms with Crippen LogP contribution >= 0.6 is 0 Å². The molecule has 2 aromatic carbocycles. The highest BCUT2D eigenvalue weighted by Crippen LogP contribution is 2.38. The van der Waals surface area contributed by atoms with E-state index in [1.807, 2.05) is 0 Å². The van der Waals surface area contributed by atoms with Crippen LogP contribution < -0.4 is 4.74 Å². The van der Waals surface area contributed by atoms with Gasteiger partial charge in [0.05, 0.1) is 6.61 Å². The van der Waals surface area contributed by atoms with Crippen molar-refractivity contribution in [2.45, 2.75) is 97.3 Å². The Morgan fingerprint density at radius 1 is 0.774 bits per heavy atom. The van der Waals surface area contributed by atoms with E-state index in [0.717, 1.165) is 30.6 Å². The quantitative estimate of drug-likeness (QED) is 0.311. The van der Waals surface area contributed by atoms with Crippen molar-refractivity contribution in [2.75, 3.05) is 6.61 Å². The Hall–Kier alpha value is -1.76. The van der Waals surface area contributed by atoms with E-state index in [1.54, 1.807) is 5.56 Å². The minimum absolute atomic E-state index is 0.605. The molecule has 31 heavy (non-hydrogen) atoms. The zero-order valence-corrected chi connectivity index (χ0v) is 20.2. The fourth-order valence-corrected chi connectivity index (χ4v) is 4.87. The second-order valence-electron chi connectivity index (χ2n) is 9.89. The number of benzene rings is 2. The van der Waals surface area contributed by atoms with Crippen molar-refractivity contribution in [2.24, 2.45) is 11.8 Å². The summed E-state index contributed by atoms with van der Waals surface area (Å²) in [5, 5.41) is 0. The highest BCUT2D eigenvalue weighted by atomic mass is 16.5. The van der Waals surface area contributed by atoms with E-state index >= 15 is 0 Å². The van der Waals surface area contributed by atoms with Crippen LogP contribution in [0.1, 0.15) is 103 Å². The standard InChI is InChI=1S/C30H44O/c1-4-6-7-8-9-10-25-11-13-26(14-12-25)27-15-17-28(18-16-27)29-19-21-30(22-20-29)31-23-24(3)5-2/h15-22,24-26H,4-14,23H2,1-3H3. The van der Waals surface area contributed by atoms with Crippen LogP contribution in [0.3, 0.4) is 0 Å². The number of rotatable bonds is 12. The Bertz CT molecular complexity index is 722. The molecule has 1 atom stereocenters. The van der Waals surface area contributed by atoms with E-state index in [9.17, 15) is 0 Å². The van der Waals surface area contributed by atoms with Gasteiger partial charge in [0.15, 0.2) is 0 Å². The van der Waals surface area contributed by atoms with Gasteiger partial charge in [0.2, 0.25) is 0 Å². The first-order valence-corrected chi connectivity index (χ1v) is 13.0. The summed E-state index contributed by atoms with van der Waals surface area (Å²) in [5.74, 6) is 3.33. The van der Waals surface area contributed by atoms with Crippen LogP contribution in [0, 0.1) is 11.8 Å². The molecular weight excluding hydrogens is 376 g/mol. The average molecular weight is 421 g/mol. The molecule has 170 valence electrons. The molecule has 1 nitrogen and oxygen atoms in total. The van der Waals surface area contributed by atoms with Crippen LogP contribution in [0.25, 0.3) is 11.1 Å². The van der Waals surface area contributed by atoms with Gasteiger partial charge in [-0.2, -0.15) is 0 Å². The zero-order valence-electron chi connectivity index (χ0n) is 20.2. The summed E-state index contributed by atoms with van der Waals surface area (Å²) < 4.78 is 5.90. The van der Waals surface area contributed by atoms with E-state index in [4.69, 9.17) is 4.74 Å². The van der Waals surface area contributed by atoms with Gasteiger partial charge in [-0.3, -0.25) is 0 Å². The third-order valence-corrected chi connectivity index (χ3v) is 7.36. The van der Waals surface area contributed by atoms with E-state index in [-0.39, 0.29) is 0 Å². The smallest absolute Gasteiger partial charge is 0.119 e. The summed E-state index contributed by atoms with van der Waals surface area (Å²) in [6, 6.07) is 18.0. The predicted octanol–water partition coefficient (Wildman–Crippen LogP) is 9.41. The topological polar surface area (TPSA) is 9.23 Å². The van der Waals surface area contributed by atoms with Gasteiger partial charge in [0.25, 0.3) is 0 Å². The summed E-state index contributed by atoms with van der Waals surface area (Å²) >= 11 is 0. The van der Waals surface area contributed by atoms with Crippen molar-refractivity contribution in [3.8, 4) is 16.9 Å². The van der Waals surface area contributed by atoms with Crippen LogP contribution in [0.2, 0.25) is 0 Å². The Morgan fingerprint density at radius 3 is 2.00 bits per heavy atom. The van der Waals surface area contributed by atoms with Crippen LogP contribution in [0.4, 0.5) is 0 Å². The normalized spacial score (nSPS) is 19.8. The number of ether oxygens (including phenoxy) is 1. The van der Waals surface area contributed by atoms with Crippen molar-refractivity contribution < 1.29 is 4.74 Å². The first kappa shape index (κ1) is 23.9. The molecule has 0 saturated heterocycles. The van der Waals surface area contributed by atoms with Crippen LogP contribution in [-0.4, -0.2) is 6.61 Å². The van der Waals surface area contributed by atoms with Gasteiger partial charge in [-0.1, -0.05) is 102 Å². The highest BCUT2D eigenvalue weighted by Gasteiger charge is 2.22. The largest absolute Gasteiger partial charge is 0.493 e. The predicted molar refractivity (Wildman–Crippen MR) is 135 cm³/mol. The maximum atomic E-state index is 5.90. The molecule has 0 amide bonds. The molecule has 0 spiro atoms. The molecule has 1 heteroatoms. The van der Waals surface area contributed by atoms with E-state index in [0.29, 0.717) is 5.92 Å². The van der Waals surface area contributed by atoms with Gasteiger partial charge in [-0.25, -0.2) is 0 Å². The van der Waals surface area contributed by atoms with Crippen molar-refractivity contribution in [1.82, 2.24) is 0 Å². The number of hydrogen-bond donors (Lipinski definition) is 0. The van der Waals surface area contributed by atoms with E-state index in [2.05, 4.69) is 69.3 Å². The summed E-state index contributed by atoms with van der Waals surface area (Å²) in [6.45, 7) is 7.54. The Labute approximate surface area is 191 Å². The van der Waals surface area contributed by atoms with Gasteiger partial charge >= 0.3 is 0 Å². The first-order chi connectivity index (χ1) is 15.2. The lowest BCUT2D eigenvalue weighted by atomic mass is 9.77. The summed E-state index contributed by atoms with van der Waals surface area (Å²) in [6.07, 6.45) is 15.3. The molecule has 1 saturated carbocycles. The minimum atomic E-state index is 0.605. The molecule has 1 unspecified atom stereocenters. The lowest BCUT2D eigenvalue weighted by Gasteiger charge is -2.29. The molecule has 0 radical (unpaired) electrons. The molecule has 1 aliphatic rings. The molecule has 0 bridgehead atoms. The van der Waals surface area contributed by atoms with Crippen LogP contribution in [0.15, 0.2) is 48.5 Å². The highest BCUT2D eigenvalue weighted by molar-refractivity contribution is 5.64. The van der Waals surface area contributed by atoms with E-state index in [1.165, 1.54) is 75.3 Å². The van der Waals surface area contributed by atoms with Crippen LogP contribution in [0.5, 0.6) is 5.75 Å². The Balaban J connectivity index is 1.45. The SMILES string of the molecule is CCCCCCCC1CCC(c2ccc(-c3ccc(OCC(C)CC)cc3)cc2)CC1. The van der Waals surface area contributed by atoms with Gasteiger partial charge < -0.3 is 4.74 Å². The van der Waals surface area contributed by atoms with Crippen molar-refractivity contribution in [3.63, 3.8) is 0 Å². The van der Waals surface area contributed by atoms with Crippen molar-refractivity contribution >= 4 is 0 Å². The summed E-state index contributed by atoms with van der Waals surface area (Å²) in [7, 11) is 0. The first-order valence-electron chi connectivity index (χ1n) is 13.0. The lowest BCUT2D eigenvalue weighted by molar-refractivity contribution is 0.256. The second-order valence-corrected chi connectivity index (χ2v) is 9.89. The lowest BCUT2D eigenvalue weighted by Crippen LogP contribution is -2.13. The third-order valence-electron chi connectivity index (χ3n) is 7.36. The van der Waals surface area contributed by atoms with Crippen molar-refractivity contribution in [1.29, 1.82) is 0 Å². The molecule has 1 aliphatic carbocycles. The second kappa shape index (κ2) is 12.9. The molecular formula is C30H44O. The Kier molecular flexibility index (Phi) is 9.97. The maximum absolute atomic E-state index is 5.90. The van der Waals surface area contributed by atoms with Gasteiger partial charge in [0, 0.05) is 0 Å². The zero-order chi connectivity index (χ0) is 21.9. The monoisotopic (exact) mass is 420 g/mol. The Morgan fingerprint density at radius 2 is 1.39 bits per heavy atom. The average Bonchev–Trinajstić information content (AvgIpc) is 2.83. The summed E-state index contributed by atoms with van der Waals surface area (Å²) in [4.78, 5) is 0. The van der Waals surface area contributed by atoms with E-state index < -0.39 is 0 Å². The molecule has 2 aromatic rings. The van der Waals surface area contributed by atoms with Gasteiger partial charge in [0.1, 0.15) is 5.75 Å². The molecule has 0 N–H and O–H groups in total. The number of unbranched alkanes of at least 4 members (excludes halogenated alkanes) is 4.